The normalized spacial score (nSPS) is 36.7. The van der Waals surface area contributed by atoms with E-state index in [1.54, 1.807) is 6.92 Å². The summed E-state index contributed by atoms with van der Waals surface area (Å²) in [6.45, 7) is 14.0. The van der Waals surface area contributed by atoms with Crippen molar-refractivity contribution in [3.05, 3.63) is 0 Å². The van der Waals surface area contributed by atoms with Crippen molar-refractivity contribution in [3.63, 3.8) is 0 Å². The van der Waals surface area contributed by atoms with E-state index in [1.807, 2.05) is 0 Å². The van der Waals surface area contributed by atoms with Gasteiger partial charge in [-0.3, -0.25) is 9.59 Å². The van der Waals surface area contributed by atoms with Crippen LogP contribution in [0.4, 0.5) is 0 Å². The first kappa shape index (κ1) is 24.1. The molecule has 31 heavy (non-hydrogen) atoms. The first-order valence-electron chi connectivity index (χ1n) is 11.9. The minimum atomic E-state index is -0.567. The highest BCUT2D eigenvalue weighted by Crippen LogP contribution is 2.68. The third kappa shape index (κ3) is 5.09. The van der Waals surface area contributed by atoms with Gasteiger partial charge >= 0.3 is 17.9 Å². The minimum Gasteiger partial charge on any atom is -0.458 e. The maximum Gasteiger partial charge on any atom is 0.344 e. The topological polar surface area (TPSA) is 78.9 Å². The zero-order valence-electron chi connectivity index (χ0n) is 20.3. The van der Waals surface area contributed by atoms with E-state index >= 15 is 0 Å². The van der Waals surface area contributed by atoms with Crippen LogP contribution < -0.4 is 0 Å². The van der Waals surface area contributed by atoms with Gasteiger partial charge in [0.1, 0.15) is 12.2 Å². The van der Waals surface area contributed by atoms with E-state index in [-0.39, 0.29) is 34.6 Å². The Balaban J connectivity index is 1.61. The van der Waals surface area contributed by atoms with Gasteiger partial charge in [0.25, 0.3) is 0 Å². The number of esters is 3. The molecule has 0 amide bonds. The van der Waals surface area contributed by atoms with Crippen LogP contribution in [-0.4, -0.2) is 36.7 Å². The molecule has 2 saturated carbocycles. The summed E-state index contributed by atoms with van der Waals surface area (Å²) in [5, 5.41) is 0. The van der Waals surface area contributed by atoms with E-state index in [9.17, 15) is 14.4 Å². The lowest BCUT2D eigenvalue weighted by molar-refractivity contribution is -0.175. The number of hydrogen-bond acceptors (Lipinski definition) is 6. The Kier molecular flexibility index (Phi) is 6.52. The molecule has 1 heterocycles. The van der Waals surface area contributed by atoms with Gasteiger partial charge in [-0.05, 0) is 55.8 Å². The molecule has 6 nitrogen and oxygen atoms in total. The predicted octanol–water partition coefficient (Wildman–Crippen LogP) is 4.68. The summed E-state index contributed by atoms with van der Waals surface area (Å²) in [5.74, 6) is -0.631. The van der Waals surface area contributed by atoms with E-state index in [2.05, 4.69) is 41.5 Å². The predicted molar refractivity (Wildman–Crippen MR) is 116 cm³/mol. The van der Waals surface area contributed by atoms with Gasteiger partial charge in [-0.15, -0.1) is 0 Å². The van der Waals surface area contributed by atoms with Crippen LogP contribution in [0.25, 0.3) is 0 Å². The molecule has 6 unspecified atom stereocenters. The molecule has 2 aliphatic carbocycles. The van der Waals surface area contributed by atoms with Crippen LogP contribution in [0.1, 0.15) is 87.0 Å². The molecule has 6 atom stereocenters. The van der Waals surface area contributed by atoms with Crippen molar-refractivity contribution in [1.82, 2.24) is 0 Å². The quantitative estimate of drug-likeness (QED) is 0.444. The first-order valence-corrected chi connectivity index (χ1v) is 11.9. The van der Waals surface area contributed by atoms with E-state index < -0.39 is 30.2 Å². The second kappa shape index (κ2) is 8.40. The fraction of sp³-hybridized carbons (Fsp3) is 0.880. The highest BCUT2D eigenvalue weighted by atomic mass is 16.6. The van der Waals surface area contributed by atoms with Gasteiger partial charge in [-0.25, -0.2) is 4.79 Å². The molecule has 0 N–H and O–H groups in total. The molecular weight excluding hydrogens is 396 g/mol. The van der Waals surface area contributed by atoms with E-state index in [1.165, 1.54) is 0 Å². The van der Waals surface area contributed by atoms with Gasteiger partial charge in [-0.1, -0.05) is 48.0 Å². The molecule has 3 rings (SSSR count). The van der Waals surface area contributed by atoms with Crippen molar-refractivity contribution in [3.8, 4) is 0 Å². The number of carbonyl (C=O) groups excluding carboxylic acids is 3. The molecule has 0 aromatic carbocycles. The van der Waals surface area contributed by atoms with E-state index in [4.69, 9.17) is 14.2 Å². The second-order valence-electron chi connectivity index (χ2n) is 12.0. The van der Waals surface area contributed by atoms with Gasteiger partial charge in [0.2, 0.25) is 0 Å². The van der Waals surface area contributed by atoms with Crippen LogP contribution in [0.15, 0.2) is 0 Å². The van der Waals surface area contributed by atoms with Crippen molar-refractivity contribution in [2.24, 2.45) is 34.0 Å². The monoisotopic (exact) mass is 436 g/mol. The lowest BCUT2D eigenvalue weighted by atomic mass is 9.72. The third-order valence-electron chi connectivity index (χ3n) is 7.71. The molecule has 0 aromatic rings. The molecule has 2 bridgehead atoms. The summed E-state index contributed by atoms with van der Waals surface area (Å²) < 4.78 is 16.8. The number of ether oxygens (including phenoxy) is 3. The minimum absolute atomic E-state index is 0.0136. The fourth-order valence-corrected chi connectivity index (χ4v) is 5.99. The van der Waals surface area contributed by atoms with Crippen LogP contribution in [0.3, 0.4) is 0 Å². The third-order valence-corrected chi connectivity index (χ3v) is 7.71. The summed E-state index contributed by atoms with van der Waals surface area (Å²) in [6, 6.07) is 0. The lowest BCUT2D eigenvalue weighted by Crippen LogP contribution is -2.39. The molecule has 3 aliphatic rings. The van der Waals surface area contributed by atoms with Crippen molar-refractivity contribution in [2.75, 3.05) is 6.61 Å². The maximum atomic E-state index is 12.9. The highest BCUT2D eigenvalue weighted by molar-refractivity contribution is 5.84. The first-order chi connectivity index (χ1) is 14.3. The van der Waals surface area contributed by atoms with Gasteiger partial charge in [-0.2, -0.15) is 0 Å². The number of carbonyl (C=O) groups is 3. The fourth-order valence-electron chi connectivity index (χ4n) is 5.99. The Morgan fingerprint density at radius 1 is 1.16 bits per heavy atom. The molecule has 1 saturated heterocycles. The zero-order chi connectivity index (χ0) is 23.2. The number of fused-ring (bicyclic) bond motifs is 2. The number of rotatable bonds is 6. The Morgan fingerprint density at radius 3 is 2.35 bits per heavy atom. The SMILES string of the molecule is CCC1CC2CC(C1)C(OC(=O)COC(=O)C1(CC(C)(C)C)CC1(C)C)C(C)OC2=O. The highest BCUT2D eigenvalue weighted by Gasteiger charge is 2.68. The standard InChI is InChI=1S/C25H40O6/c1-8-16-9-17-11-18(10-16)21(27)30-15(2)20(17)31-19(26)12-29-22(28)25(13-23(3,4)5)14-24(25,6)7/h15-18,20H,8-14H2,1-7H3. The van der Waals surface area contributed by atoms with Gasteiger partial charge in [0.15, 0.2) is 6.61 Å². The summed E-state index contributed by atoms with van der Waals surface area (Å²) in [7, 11) is 0. The van der Waals surface area contributed by atoms with Crippen LogP contribution in [0.5, 0.6) is 0 Å². The maximum absolute atomic E-state index is 12.9. The van der Waals surface area contributed by atoms with Gasteiger partial charge in [0.05, 0.1) is 11.3 Å². The average Bonchev–Trinajstić information content (AvgIpc) is 3.23. The smallest absolute Gasteiger partial charge is 0.344 e. The molecule has 6 heteroatoms. The van der Waals surface area contributed by atoms with Crippen LogP contribution in [0.2, 0.25) is 0 Å². The van der Waals surface area contributed by atoms with Gasteiger partial charge in [0, 0.05) is 5.92 Å². The van der Waals surface area contributed by atoms with E-state index in [0.717, 1.165) is 32.1 Å². The molecular formula is C25H40O6. The largest absolute Gasteiger partial charge is 0.458 e. The Labute approximate surface area is 186 Å². The Hall–Kier alpha value is -1.59. The lowest BCUT2D eigenvalue weighted by Gasteiger charge is -2.34. The average molecular weight is 437 g/mol. The van der Waals surface area contributed by atoms with Crippen LogP contribution >= 0.6 is 0 Å². The molecule has 1 aliphatic heterocycles. The molecule has 3 fully saturated rings. The van der Waals surface area contributed by atoms with Crippen molar-refractivity contribution >= 4 is 17.9 Å². The number of hydrogen-bond donors (Lipinski definition) is 0. The number of cyclic esters (lactones) is 1. The molecule has 0 aromatic heterocycles. The van der Waals surface area contributed by atoms with Crippen LogP contribution in [0, 0.1) is 34.0 Å². The summed E-state index contributed by atoms with van der Waals surface area (Å²) >= 11 is 0. The summed E-state index contributed by atoms with van der Waals surface area (Å²) in [4.78, 5) is 38.0. The van der Waals surface area contributed by atoms with E-state index in [0.29, 0.717) is 12.3 Å². The second-order valence-corrected chi connectivity index (χ2v) is 12.0. The molecule has 0 radical (unpaired) electrons. The molecule has 176 valence electrons. The molecule has 0 spiro atoms. The van der Waals surface area contributed by atoms with Gasteiger partial charge < -0.3 is 14.2 Å². The summed E-state index contributed by atoms with van der Waals surface area (Å²) in [5.41, 5.74) is -0.681. The van der Waals surface area contributed by atoms with Crippen molar-refractivity contribution in [2.45, 2.75) is 99.2 Å². The van der Waals surface area contributed by atoms with Crippen molar-refractivity contribution < 1.29 is 28.6 Å². The summed E-state index contributed by atoms with van der Waals surface area (Å²) in [6.07, 6.45) is 3.97. The zero-order valence-corrected chi connectivity index (χ0v) is 20.3. The Morgan fingerprint density at radius 2 is 1.81 bits per heavy atom. The van der Waals surface area contributed by atoms with Crippen molar-refractivity contribution in [1.29, 1.82) is 0 Å². The van der Waals surface area contributed by atoms with Crippen LogP contribution in [-0.2, 0) is 28.6 Å². The Bertz CT molecular complexity index is 720.